The molecule has 0 aliphatic rings. The number of nitrogens with zero attached hydrogens (tertiary/aromatic N) is 1. The van der Waals surface area contributed by atoms with Gasteiger partial charge >= 0.3 is 0 Å². The number of halogens is 1. The number of ether oxygens (including phenoxy) is 1. The molecule has 0 aromatic heterocycles. The maximum absolute atomic E-state index is 12.9. The lowest BCUT2D eigenvalue weighted by Gasteiger charge is -2.21. The first-order chi connectivity index (χ1) is 12.6. The summed E-state index contributed by atoms with van der Waals surface area (Å²) in [5, 5.41) is 9.68. The van der Waals surface area contributed by atoms with Crippen LogP contribution in [0.4, 0.5) is 4.39 Å². The number of hydrogen-bond donors (Lipinski definition) is 1. The largest absolute Gasteiger partial charge is 0.457 e. The van der Waals surface area contributed by atoms with Gasteiger partial charge in [-0.25, -0.2) is 4.39 Å². The fourth-order valence-corrected chi connectivity index (χ4v) is 2.74. The Morgan fingerprint density at radius 1 is 0.846 bits per heavy atom. The summed E-state index contributed by atoms with van der Waals surface area (Å²) in [6, 6.07) is 21.8. The van der Waals surface area contributed by atoms with E-state index in [1.807, 2.05) is 41.3 Å². The molecule has 134 valence electrons. The third kappa shape index (κ3) is 4.91. The number of benzene rings is 3. The van der Waals surface area contributed by atoms with Crippen LogP contribution in [0.1, 0.15) is 16.7 Å². The monoisotopic (exact) mass is 351 g/mol. The fraction of sp³-hybridized carbons (Fsp3) is 0.182. The summed E-state index contributed by atoms with van der Waals surface area (Å²) >= 11 is 0. The molecule has 1 N–H and O–H groups in total. The second-order valence-corrected chi connectivity index (χ2v) is 6.25. The highest BCUT2D eigenvalue weighted by atomic mass is 19.1. The molecule has 0 spiro atoms. The van der Waals surface area contributed by atoms with Gasteiger partial charge < -0.3 is 9.84 Å². The van der Waals surface area contributed by atoms with E-state index < -0.39 is 0 Å². The highest BCUT2D eigenvalue weighted by molar-refractivity contribution is 5.33. The predicted molar refractivity (Wildman–Crippen MR) is 100 cm³/mol. The van der Waals surface area contributed by atoms with E-state index in [0.717, 1.165) is 5.56 Å². The van der Waals surface area contributed by atoms with E-state index in [2.05, 4.69) is 19.1 Å². The lowest BCUT2D eigenvalue weighted by Crippen LogP contribution is -2.24. The lowest BCUT2D eigenvalue weighted by molar-refractivity contribution is 0.0937. The number of aliphatic hydroxyl groups is 1. The smallest absolute Gasteiger partial charge is 0.127 e. The number of hydrogen-bond acceptors (Lipinski definition) is 3. The normalized spacial score (nSPS) is 10.9. The highest BCUT2D eigenvalue weighted by Gasteiger charge is 2.08. The second-order valence-electron chi connectivity index (χ2n) is 6.25. The third-order valence-electron chi connectivity index (χ3n) is 4.23. The van der Waals surface area contributed by atoms with Gasteiger partial charge in [-0.15, -0.1) is 0 Å². The van der Waals surface area contributed by atoms with Gasteiger partial charge in [-0.1, -0.05) is 36.4 Å². The minimum Gasteiger partial charge on any atom is -0.457 e. The molecular weight excluding hydrogens is 329 g/mol. The molecule has 3 nitrogen and oxygen atoms in total. The van der Waals surface area contributed by atoms with Crippen molar-refractivity contribution in [3.63, 3.8) is 0 Å². The van der Waals surface area contributed by atoms with E-state index >= 15 is 0 Å². The van der Waals surface area contributed by atoms with Gasteiger partial charge in [0.25, 0.3) is 0 Å². The minimum atomic E-state index is -0.287. The Morgan fingerprint density at radius 3 is 2.08 bits per heavy atom. The molecule has 0 bridgehead atoms. The molecule has 0 amide bonds. The Kier molecular flexibility index (Phi) is 6.00. The van der Waals surface area contributed by atoms with E-state index in [0.29, 0.717) is 24.6 Å². The zero-order chi connectivity index (χ0) is 18.4. The zero-order valence-corrected chi connectivity index (χ0v) is 14.7. The van der Waals surface area contributed by atoms with Crippen LogP contribution in [0.3, 0.4) is 0 Å². The van der Waals surface area contributed by atoms with Crippen molar-refractivity contribution in [2.45, 2.75) is 20.0 Å². The van der Waals surface area contributed by atoms with Crippen molar-refractivity contribution in [2.75, 3.05) is 6.73 Å². The maximum atomic E-state index is 12.9. The molecule has 0 fully saturated rings. The van der Waals surface area contributed by atoms with E-state index in [4.69, 9.17) is 4.74 Å². The molecule has 0 radical (unpaired) electrons. The van der Waals surface area contributed by atoms with Gasteiger partial charge in [0, 0.05) is 13.1 Å². The first-order valence-corrected chi connectivity index (χ1v) is 8.54. The van der Waals surface area contributed by atoms with Crippen LogP contribution in [0.2, 0.25) is 0 Å². The molecule has 0 heterocycles. The minimum absolute atomic E-state index is 0.0117. The van der Waals surface area contributed by atoms with Crippen molar-refractivity contribution in [3.05, 3.63) is 95.3 Å². The summed E-state index contributed by atoms with van der Waals surface area (Å²) in [5.41, 5.74) is 3.51. The number of rotatable bonds is 7. The molecule has 0 unspecified atom stereocenters. The number of aliphatic hydroxyl groups excluding tert-OH is 1. The zero-order valence-electron chi connectivity index (χ0n) is 14.7. The summed E-state index contributed by atoms with van der Waals surface area (Å²) in [7, 11) is 0. The fourth-order valence-electron chi connectivity index (χ4n) is 2.74. The van der Waals surface area contributed by atoms with Gasteiger partial charge in [0.05, 0.1) is 6.73 Å². The second kappa shape index (κ2) is 8.61. The lowest BCUT2D eigenvalue weighted by atomic mass is 10.1. The van der Waals surface area contributed by atoms with Crippen LogP contribution >= 0.6 is 0 Å². The summed E-state index contributed by atoms with van der Waals surface area (Å²) in [6.45, 7) is 3.40. The molecule has 4 heteroatoms. The maximum Gasteiger partial charge on any atom is 0.127 e. The Labute approximate surface area is 153 Å². The number of aryl methyl sites for hydroxylation is 1. The molecule has 0 saturated carbocycles. The summed E-state index contributed by atoms with van der Waals surface area (Å²) in [4.78, 5) is 1.97. The van der Waals surface area contributed by atoms with Crippen molar-refractivity contribution >= 4 is 0 Å². The average molecular weight is 351 g/mol. The Balaban J connectivity index is 1.62. The summed E-state index contributed by atoms with van der Waals surface area (Å²) in [5.74, 6) is 0.996. The SMILES string of the molecule is Cc1ccccc1CN(CO)Cc1ccc(Oc2ccc(F)cc2)cc1. The van der Waals surface area contributed by atoms with Crippen molar-refractivity contribution < 1.29 is 14.2 Å². The first-order valence-electron chi connectivity index (χ1n) is 8.54. The van der Waals surface area contributed by atoms with Gasteiger partial charge in [-0.05, 0) is 60.0 Å². The molecular formula is C22H22FNO2. The van der Waals surface area contributed by atoms with Gasteiger partial charge in [0.2, 0.25) is 0 Å². The van der Waals surface area contributed by atoms with Crippen LogP contribution in [0.5, 0.6) is 11.5 Å². The van der Waals surface area contributed by atoms with E-state index in [9.17, 15) is 9.50 Å². The quantitative estimate of drug-likeness (QED) is 0.616. The molecule has 0 aliphatic carbocycles. The molecule has 0 aliphatic heterocycles. The van der Waals surface area contributed by atoms with E-state index in [-0.39, 0.29) is 12.5 Å². The molecule has 3 aromatic rings. The third-order valence-corrected chi connectivity index (χ3v) is 4.23. The van der Waals surface area contributed by atoms with Gasteiger partial charge in [0.15, 0.2) is 0 Å². The van der Waals surface area contributed by atoms with Crippen LogP contribution in [-0.4, -0.2) is 16.7 Å². The predicted octanol–water partition coefficient (Wildman–Crippen LogP) is 4.88. The standard InChI is InChI=1S/C22H22FNO2/c1-17-4-2-3-5-19(17)15-24(16-25)14-18-6-10-21(11-7-18)26-22-12-8-20(23)9-13-22/h2-13,25H,14-16H2,1H3. The highest BCUT2D eigenvalue weighted by Crippen LogP contribution is 2.22. The Hall–Kier alpha value is -2.69. The van der Waals surface area contributed by atoms with Crippen LogP contribution < -0.4 is 4.74 Å². The van der Waals surface area contributed by atoms with E-state index in [1.54, 1.807) is 12.1 Å². The van der Waals surface area contributed by atoms with E-state index in [1.165, 1.54) is 23.3 Å². The van der Waals surface area contributed by atoms with Crippen LogP contribution in [0.25, 0.3) is 0 Å². The van der Waals surface area contributed by atoms with Crippen molar-refractivity contribution in [2.24, 2.45) is 0 Å². The van der Waals surface area contributed by atoms with Gasteiger partial charge in [0.1, 0.15) is 17.3 Å². The van der Waals surface area contributed by atoms with Crippen LogP contribution in [-0.2, 0) is 13.1 Å². The summed E-state index contributed by atoms with van der Waals surface area (Å²) < 4.78 is 18.6. The van der Waals surface area contributed by atoms with Crippen molar-refractivity contribution in [3.8, 4) is 11.5 Å². The van der Waals surface area contributed by atoms with Crippen molar-refractivity contribution in [1.29, 1.82) is 0 Å². The molecule has 3 aromatic carbocycles. The molecule has 0 atom stereocenters. The van der Waals surface area contributed by atoms with Crippen molar-refractivity contribution in [1.82, 2.24) is 4.90 Å². The van der Waals surface area contributed by atoms with Gasteiger partial charge in [-0.3, -0.25) is 4.90 Å². The molecule has 0 saturated heterocycles. The topological polar surface area (TPSA) is 32.7 Å². The average Bonchev–Trinajstić information content (AvgIpc) is 2.66. The van der Waals surface area contributed by atoms with Crippen LogP contribution in [0.15, 0.2) is 72.8 Å². The molecule has 3 rings (SSSR count). The van der Waals surface area contributed by atoms with Gasteiger partial charge in [-0.2, -0.15) is 0 Å². The van der Waals surface area contributed by atoms with Crippen LogP contribution in [0, 0.1) is 12.7 Å². The first kappa shape index (κ1) is 18.1. The Morgan fingerprint density at radius 2 is 1.46 bits per heavy atom. The Bertz CT molecular complexity index is 832. The summed E-state index contributed by atoms with van der Waals surface area (Å²) in [6.07, 6.45) is 0. The molecule has 26 heavy (non-hydrogen) atoms.